The Morgan fingerprint density at radius 2 is 1.66 bits per heavy atom. The van der Waals surface area contributed by atoms with E-state index in [-0.39, 0.29) is 11.3 Å². The van der Waals surface area contributed by atoms with Crippen LogP contribution in [0.2, 0.25) is 5.02 Å². The first-order valence-corrected chi connectivity index (χ1v) is 15.6. The standard InChI is InChI=1S/C34H43ClNO2/c1-19(2)28-26(37)18-34(31-36-30(38-31)22-8-6-7-9-25(22)35)17-14-24-21(29(28)34)10-11-27-32(4)15-12-20(3)23(32)13-16-33(24,27)5/h6-9,19-21,23-24,27H,10-18H2,1-5H3/q+1. The SMILES string of the molecule is CC(C)C1=C2C3CCC4C5(C)CCC(C)C5CCC4(C)C3CCC2(C2=[N+]=C(c3ccccc3Cl)O2)CC1=O. The predicted molar refractivity (Wildman–Crippen MR) is 154 cm³/mol. The number of rotatable bonds is 3. The minimum atomic E-state index is -0.352. The Morgan fingerprint density at radius 3 is 2.39 bits per heavy atom. The van der Waals surface area contributed by atoms with Gasteiger partial charge in [0.15, 0.2) is 5.78 Å². The summed E-state index contributed by atoms with van der Waals surface area (Å²) in [6, 6.07) is 7.74. The second-order valence-corrected chi connectivity index (χ2v) is 14.9. The summed E-state index contributed by atoms with van der Waals surface area (Å²) in [5.74, 6) is 5.66. The van der Waals surface area contributed by atoms with Crippen molar-refractivity contribution in [1.82, 2.24) is 4.67 Å². The predicted octanol–water partition coefficient (Wildman–Crippen LogP) is 7.78. The van der Waals surface area contributed by atoms with E-state index in [0.717, 1.165) is 41.2 Å². The van der Waals surface area contributed by atoms with Crippen molar-refractivity contribution in [2.45, 2.75) is 92.4 Å². The van der Waals surface area contributed by atoms with Gasteiger partial charge in [0.05, 0.1) is 5.02 Å². The van der Waals surface area contributed by atoms with E-state index in [9.17, 15) is 4.79 Å². The van der Waals surface area contributed by atoms with E-state index in [1.807, 2.05) is 24.3 Å². The third-order valence-corrected chi connectivity index (χ3v) is 13.0. The number of halogens is 1. The maximum atomic E-state index is 13.7. The smallest absolute Gasteiger partial charge is 0.324 e. The lowest BCUT2D eigenvalue weighted by Gasteiger charge is -2.64. The van der Waals surface area contributed by atoms with Crippen LogP contribution in [-0.4, -0.2) is 17.6 Å². The number of ketones is 1. The highest BCUT2D eigenvalue weighted by Gasteiger charge is 2.69. The molecule has 1 heterocycles. The van der Waals surface area contributed by atoms with Crippen LogP contribution in [0.1, 0.15) is 98.0 Å². The molecule has 1 aromatic carbocycles. The average molecular weight is 533 g/mol. The number of hydrogen-bond donors (Lipinski definition) is 0. The van der Waals surface area contributed by atoms with Crippen LogP contribution in [0.3, 0.4) is 0 Å². The number of carbonyl (C=O) groups excluding carboxylic acids is 1. The van der Waals surface area contributed by atoms with Gasteiger partial charge >= 0.3 is 11.8 Å². The monoisotopic (exact) mass is 532 g/mol. The van der Waals surface area contributed by atoms with E-state index in [1.165, 1.54) is 50.5 Å². The molecule has 5 aliphatic carbocycles. The van der Waals surface area contributed by atoms with Gasteiger partial charge in [-0.15, -0.1) is 0 Å². The molecule has 0 spiro atoms. The van der Waals surface area contributed by atoms with Crippen LogP contribution in [0.25, 0.3) is 0 Å². The maximum Gasteiger partial charge on any atom is 0.511 e. The second kappa shape index (κ2) is 8.34. The van der Waals surface area contributed by atoms with Crippen LogP contribution in [0.5, 0.6) is 0 Å². The molecule has 4 heteroatoms. The number of Topliss-reactive ketones (excluding diaryl/α,β-unsaturated/α-hetero) is 1. The molecule has 3 nitrogen and oxygen atoms in total. The number of nitrogens with zero attached hydrogens (tertiary/aromatic N) is 1. The molecule has 0 amide bonds. The van der Waals surface area contributed by atoms with Crippen LogP contribution >= 0.6 is 11.6 Å². The average Bonchev–Trinajstić information content (AvgIpc) is 3.32. The van der Waals surface area contributed by atoms with Crippen molar-refractivity contribution in [3.8, 4) is 0 Å². The summed E-state index contributed by atoms with van der Waals surface area (Å²) in [5.41, 5.74) is 3.88. The lowest BCUT2D eigenvalue weighted by molar-refractivity contribution is -0.131. The summed E-state index contributed by atoms with van der Waals surface area (Å²) in [4.78, 5) is 13.7. The number of allylic oxidation sites excluding steroid dienone is 1. The van der Waals surface area contributed by atoms with E-state index in [1.54, 1.807) is 0 Å². The lowest BCUT2D eigenvalue weighted by atomic mass is 9.40. The van der Waals surface area contributed by atoms with Crippen molar-refractivity contribution >= 4 is 29.2 Å². The molecule has 1 aromatic rings. The van der Waals surface area contributed by atoms with Gasteiger partial charge in [-0.05, 0) is 126 Å². The van der Waals surface area contributed by atoms with E-state index in [2.05, 4.69) is 34.6 Å². The van der Waals surface area contributed by atoms with Crippen molar-refractivity contribution in [3.05, 3.63) is 46.0 Å². The fourth-order valence-corrected chi connectivity index (χ4v) is 11.3. The molecule has 1 aliphatic heterocycles. The Balaban J connectivity index is 1.31. The number of ether oxygens (including phenoxy) is 1. The van der Waals surface area contributed by atoms with Crippen LogP contribution in [-0.2, 0) is 9.53 Å². The molecule has 38 heavy (non-hydrogen) atoms. The molecule has 4 saturated carbocycles. The van der Waals surface area contributed by atoms with Gasteiger partial charge in [-0.3, -0.25) is 4.79 Å². The van der Waals surface area contributed by atoms with Gasteiger partial charge < -0.3 is 4.74 Å². The summed E-state index contributed by atoms with van der Waals surface area (Å²) in [5, 5.41) is 0.657. The molecular formula is C34H43ClNO2+. The molecule has 0 bridgehead atoms. The van der Waals surface area contributed by atoms with E-state index in [4.69, 9.17) is 21.0 Å². The van der Waals surface area contributed by atoms with E-state index < -0.39 is 0 Å². The normalized spacial score (nSPS) is 43.4. The van der Waals surface area contributed by atoms with Crippen molar-refractivity contribution in [2.75, 3.05) is 0 Å². The van der Waals surface area contributed by atoms with Crippen LogP contribution < -0.4 is 4.67 Å². The Hall–Kier alpha value is -1.83. The fraction of sp³-hybridized carbons (Fsp3) is 0.676. The third-order valence-electron chi connectivity index (χ3n) is 12.7. The molecule has 0 saturated heterocycles. The van der Waals surface area contributed by atoms with Crippen LogP contribution in [0.15, 0.2) is 35.4 Å². The Bertz CT molecular complexity index is 1320. The van der Waals surface area contributed by atoms with Crippen LogP contribution in [0, 0.1) is 51.8 Å². The highest BCUT2D eigenvalue weighted by molar-refractivity contribution is 6.34. The molecule has 6 aliphatic rings. The number of benzene rings is 1. The van der Waals surface area contributed by atoms with Gasteiger partial charge in [0.25, 0.3) is 0 Å². The second-order valence-electron chi connectivity index (χ2n) is 14.5. The van der Waals surface area contributed by atoms with Crippen LogP contribution in [0.4, 0.5) is 0 Å². The first-order chi connectivity index (χ1) is 18.1. The lowest BCUT2D eigenvalue weighted by Crippen LogP contribution is -2.58. The summed E-state index contributed by atoms with van der Waals surface area (Å²) in [6.07, 6.45) is 10.8. The Morgan fingerprint density at radius 1 is 0.974 bits per heavy atom. The Kier molecular flexibility index (Phi) is 5.52. The topological polar surface area (TPSA) is 40.4 Å². The van der Waals surface area contributed by atoms with E-state index >= 15 is 0 Å². The molecule has 0 radical (unpaired) electrons. The summed E-state index contributed by atoms with van der Waals surface area (Å²) in [7, 11) is 0. The zero-order chi connectivity index (χ0) is 26.6. The van der Waals surface area contributed by atoms with Crippen molar-refractivity contribution < 1.29 is 9.53 Å². The summed E-state index contributed by atoms with van der Waals surface area (Å²) in [6.45, 7) is 12.2. The zero-order valence-corrected chi connectivity index (χ0v) is 24.5. The zero-order valence-electron chi connectivity index (χ0n) is 23.8. The molecular weight excluding hydrogens is 490 g/mol. The van der Waals surface area contributed by atoms with Gasteiger partial charge in [0.2, 0.25) is 0 Å². The quantitative estimate of drug-likeness (QED) is 0.373. The molecule has 8 unspecified atom stereocenters. The van der Waals surface area contributed by atoms with Crippen molar-refractivity contribution in [3.63, 3.8) is 0 Å². The Labute approximate surface area is 233 Å². The van der Waals surface area contributed by atoms with Crippen molar-refractivity contribution in [2.24, 2.45) is 51.8 Å². The number of fused-ring (bicyclic) bond motifs is 7. The highest BCUT2D eigenvalue weighted by Crippen LogP contribution is 2.72. The maximum absolute atomic E-state index is 13.7. The summed E-state index contributed by atoms with van der Waals surface area (Å²) < 4.78 is 11.4. The van der Waals surface area contributed by atoms with Gasteiger partial charge in [-0.2, -0.15) is 0 Å². The largest absolute Gasteiger partial charge is 0.511 e. The first-order valence-electron chi connectivity index (χ1n) is 15.3. The number of carbonyl (C=O) groups is 1. The summed E-state index contributed by atoms with van der Waals surface area (Å²) >= 11 is 6.46. The van der Waals surface area contributed by atoms with E-state index in [0.29, 0.717) is 45.8 Å². The van der Waals surface area contributed by atoms with Gasteiger partial charge in [-0.25, -0.2) is 0 Å². The van der Waals surface area contributed by atoms with Gasteiger partial charge in [-0.1, -0.05) is 58.4 Å². The third kappa shape index (κ3) is 3.15. The number of hydrogen-bond acceptors (Lipinski definition) is 2. The molecule has 4 fully saturated rings. The first kappa shape index (κ1) is 25.2. The van der Waals surface area contributed by atoms with Crippen molar-refractivity contribution in [1.29, 1.82) is 0 Å². The van der Waals surface area contributed by atoms with Gasteiger partial charge in [0, 0.05) is 6.42 Å². The minimum Gasteiger partial charge on any atom is -0.324 e. The molecule has 0 aromatic heterocycles. The molecule has 7 rings (SSSR count). The van der Waals surface area contributed by atoms with Gasteiger partial charge in [0.1, 0.15) is 11.0 Å². The molecule has 8 atom stereocenters. The molecule has 0 N–H and O–H groups in total. The highest BCUT2D eigenvalue weighted by atomic mass is 35.5. The fourth-order valence-electron chi connectivity index (χ4n) is 11.1. The molecule has 202 valence electrons. The minimum absolute atomic E-state index is 0.236.